The topological polar surface area (TPSA) is 55.0 Å². The van der Waals surface area contributed by atoms with Crippen LogP contribution in [0, 0.1) is 0 Å². The first-order valence-corrected chi connectivity index (χ1v) is 6.13. The molecule has 0 unspecified atom stereocenters. The van der Waals surface area contributed by atoms with Crippen molar-refractivity contribution in [3.63, 3.8) is 0 Å². The molecule has 96 valence electrons. The number of aryl methyl sites for hydroxylation is 1. The minimum absolute atomic E-state index is 0.115. The van der Waals surface area contributed by atoms with Gasteiger partial charge in [-0.15, -0.1) is 0 Å². The second-order valence-electron chi connectivity index (χ2n) is 3.93. The highest BCUT2D eigenvalue weighted by molar-refractivity contribution is 5.99. The molecule has 2 aromatic rings. The first kappa shape index (κ1) is 12.6. The Morgan fingerprint density at radius 1 is 1.39 bits per heavy atom. The van der Waals surface area contributed by atoms with Crippen LogP contribution in [0.4, 0.5) is 0 Å². The van der Waals surface area contributed by atoms with E-state index < -0.39 is 0 Å². The number of aliphatic hydroxyl groups excluding tert-OH is 1. The average molecular weight is 247 g/mol. The third-order valence-corrected chi connectivity index (χ3v) is 2.68. The second-order valence-corrected chi connectivity index (χ2v) is 3.93. The summed E-state index contributed by atoms with van der Waals surface area (Å²) in [6, 6.07) is 7.87. The van der Waals surface area contributed by atoms with Crippen molar-refractivity contribution in [3.05, 3.63) is 35.6 Å². The molecular formula is C14H17NO3. The van der Waals surface area contributed by atoms with Crippen molar-refractivity contribution in [2.45, 2.75) is 19.8 Å². The van der Waals surface area contributed by atoms with E-state index in [1.165, 1.54) is 0 Å². The van der Waals surface area contributed by atoms with Gasteiger partial charge in [-0.25, -0.2) is 0 Å². The van der Waals surface area contributed by atoms with Crippen LogP contribution in [0.15, 0.2) is 33.8 Å². The summed E-state index contributed by atoms with van der Waals surface area (Å²) in [6.07, 6.45) is 3.08. The number of oxime groups is 1. The van der Waals surface area contributed by atoms with Crippen molar-refractivity contribution in [1.82, 2.24) is 0 Å². The predicted octanol–water partition coefficient (Wildman–Crippen LogP) is 2.73. The van der Waals surface area contributed by atoms with Crippen LogP contribution in [0.2, 0.25) is 0 Å². The standard InChI is InChI=1S/C14H17NO3/c1-2-13-12(10-15-17-9-5-8-16)11-6-3-4-7-14(11)18-13/h3-4,6-7,10,16H,2,5,8-9H2,1H3/b15-10+. The van der Waals surface area contributed by atoms with E-state index in [-0.39, 0.29) is 6.61 Å². The van der Waals surface area contributed by atoms with Crippen molar-refractivity contribution in [2.75, 3.05) is 13.2 Å². The van der Waals surface area contributed by atoms with Gasteiger partial charge in [-0.2, -0.15) is 0 Å². The van der Waals surface area contributed by atoms with E-state index in [9.17, 15) is 0 Å². The van der Waals surface area contributed by atoms with Crippen LogP contribution in [0.1, 0.15) is 24.7 Å². The average Bonchev–Trinajstić information content (AvgIpc) is 2.77. The van der Waals surface area contributed by atoms with Crippen LogP contribution in [-0.2, 0) is 11.3 Å². The van der Waals surface area contributed by atoms with Gasteiger partial charge in [-0.3, -0.25) is 0 Å². The first-order chi connectivity index (χ1) is 8.86. The summed E-state index contributed by atoms with van der Waals surface area (Å²) in [5.74, 6) is 0.908. The number of nitrogens with zero attached hydrogens (tertiary/aromatic N) is 1. The molecule has 1 N–H and O–H groups in total. The van der Waals surface area contributed by atoms with Crippen molar-refractivity contribution >= 4 is 17.2 Å². The Morgan fingerprint density at radius 2 is 2.22 bits per heavy atom. The van der Waals surface area contributed by atoms with Crippen molar-refractivity contribution in [1.29, 1.82) is 0 Å². The second kappa shape index (κ2) is 6.21. The largest absolute Gasteiger partial charge is 0.460 e. The number of hydrogen-bond donors (Lipinski definition) is 1. The number of fused-ring (bicyclic) bond motifs is 1. The Labute approximate surface area is 106 Å². The first-order valence-electron chi connectivity index (χ1n) is 6.13. The van der Waals surface area contributed by atoms with Gasteiger partial charge in [-0.05, 0) is 6.07 Å². The third kappa shape index (κ3) is 2.71. The van der Waals surface area contributed by atoms with E-state index in [0.29, 0.717) is 13.0 Å². The highest BCUT2D eigenvalue weighted by Crippen LogP contribution is 2.24. The van der Waals surface area contributed by atoms with E-state index in [2.05, 4.69) is 5.16 Å². The molecule has 0 aliphatic rings. The molecule has 0 saturated heterocycles. The molecule has 0 spiro atoms. The van der Waals surface area contributed by atoms with Gasteiger partial charge in [0, 0.05) is 30.4 Å². The van der Waals surface area contributed by atoms with Gasteiger partial charge in [0.1, 0.15) is 18.0 Å². The molecule has 0 saturated carbocycles. The minimum atomic E-state index is 0.115. The van der Waals surface area contributed by atoms with Crippen molar-refractivity contribution in [2.24, 2.45) is 5.16 Å². The number of aliphatic hydroxyl groups is 1. The third-order valence-electron chi connectivity index (χ3n) is 2.68. The van der Waals surface area contributed by atoms with E-state index >= 15 is 0 Å². The Kier molecular flexibility index (Phi) is 4.36. The van der Waals surface area contributed by atoms with E-state index in [1.54, 1.807) is 6.21 Å². The molecule has 0 atom stereocenters. The molecule has 1 heterocycles. The molecule has 18 heavy (non-hydrogen) atoms. The summed E-state index contributed by atoms with van der Waals surface area (Å²) in [6.45, 7) is 2.58. The van der Waals surface area contributed by atoms with Gasteiger partial charge >= 0.3 is 0 Å². The highest BCUT2D eigenvalue weighted by Gasteiger charge is 2.10. The smallest absolute Gasteiger partial charge is 0.134 e. The van der Waals surface area contributed by atoms with Crippen LogP contribution in [-0.4, -0.2) is 24.5 Å². The fourth-order valence-corrected chi connectivity index (χ4v) is 1.79. The number of furan rings is 1. The minimum Gasteiger partial charge on any atom is -0.460 e. The van der Waals surface area contributed by atoms with E-state index in [0.717, 1.165) is 28.7 Å². The zero-order valence-corrected chi connectivity index (χ0v) is 10.4. The van der Waals surface area contributed by atoms with Crippen molar-refractivity contribution < 1.29 is 14.4 Å². The summed E-state index contributed by atoms with van der Waals surface area (Å²) in [5.41, 5.74) is 1.84. The molecule has 0 aliphatic heterocycles. The van der Waals surface area contributed by atoms with Crippen LogP contribution >= 0.6 is 0 Å². The lowest BCUT2D eigenvalue weighted by atomic mass is 10.1. The monoisotopic (exact) mass is 247 g/mol. The predicted molar refractivity (Wildman–Crippen MR) is 70.8 cm³/mol. The lowest BCUT2D eigenvalue weighted by Gasteiger charge is -1.96. The van der Waals surface area contributed by atoms with Gasteiger partial charge in [0.2, 0.25) is 0 Å². The summed E-state index contributed by atoms with van der Waals surface area (Å²) in [4.78, 5) is 5.06. The molecule has 0 fully saturated rings. The fourth-order valence-electron chi connectivity index (χ4n) is 1.79. The fraction of sp³-hybridized carbons (Fsp3) is 0.357. The highest BCUT2D eigenvalue weighted by atomic mass is 16.6. The number of para-hydroxylation sites is 1. The zero-order chi connectivity index (χ0) is 12.8. The lowest BCUT2D eigenvalue weighted by molar-refractivity contribution is 0.125. The van der Waals surface area contributed by atoms with Gasteiger partial charge in [0.25, 0.3) is 0 Å². The Balaban J connectivity index is 2.20. The number of hydrogen-bond acceptors (Lipinski definition) is 4. The molecule has 1 aromatic carbocycles. The Hall–Kier alpha value is -1.81. The Morgan fingerprint density at radius 3 is 3.00 bits per heavy atom. The van der Waals surface area contributed by atoms with Crippen LogP contribution in [0.5, 0.6) is 0 Å². The molecule has 0 aliphatic carbocycles. The number of benzene rings is 1. The maximum atomic E-state index is 8.63. The summed E-state index contributed by atoms with van der Waals surface area (Å²) < 4.78 is 5.74. The molecule has 4 nitrogen and oxygen atoms in total. The van der Waals surface area contributed by atoms with Crippen LogP contribution in [0.25, 0.3) is 11.0 Å². The lowest BCUT2D eigenvalue weighted by Crippen LogP contribution is -1.93. The quantitative estimate of drug-likeness (QED) is 0.485. The zero-order valence-electron chi connectivity index (χ0n) is 10.4. The normalized spacial score (nSPS) is 11.4. The van der Waals surface area contributed by atoms with E-state index in [1.807, 2.05) is 31.2 Å². The molecular weight excluding hydrogens is 230 g/mol. The molecule has 4 heteroatoms. The Bertz CT molecular complexity index is 531. The SMILES string of the molecule is CCc1oc2ccccc2c1/C=N/OCCCO. The van der Waals surface area contributed by atoms with Crippen LogP contribution in [0.3, 0.4) is 0 Å². The van der Waals surface area contributed by atoms with Gasteiger partial charge in [0.05, 0.1) is 6.21 Å². The summed E-state index contributed by atoms with van der Waals surface area (Å²) >= 11 is 0. The maximum Gasteiger partial charge on any atom is 0.134 e. The van der Waals surface area contributed by atoms with Gasteiger partial charge in [-0.1, -0.05) is 30.3 Å². The van der Waals surface area contributed by atoms with Gasteiger partial charge in [0.15, 0.2) is 0 Å². The molecule has 1 aromatic heterocycles. The molecule has 0 amide bonds. The molecule has 0 radical (unpaired) electrons. The van der Waals surface area contributed by atoms with Gasteiger partial charge < -0.3 is 14.4 Å². The summed E-state index contributed by atoms with van der Waals surface area (Å²) in [5, 5.41) is 13.6. The molecule has 0 bridgehead atoms. The number of rotatable bonds is 6. The van der Waals surface area contributed by atoms with Crippen LogP contribution < -0.4 is 0 Å². The van der Waals surface area contributed by atoms with Crippen molar-refractivity contribution in [3.8, 4) is 0 Å². The van der Waals surface area contributed by atoms with E-state index in [4.69, 9.17) is 14.4 Å². The maximum absolute atomic E-state index is 8.63. The summed E-state index contributed by atoms with van der Waals surface area (Å²) in [7, 11) is 0. The molecule has 2 rings (SSSR count).